The molecule has 0 N–H and O–H groups in total. The molecule has 0 unspecified atom stereocenters. The van der Waals surface area contributed by atoms with Crippen molar-refractivity contribution in [1.82, 2.24) is 8.97 Å². The summed E-state index contributed by atoms with van der Waals surface area (Å²) >= 11 is 0. The molecular formula is C37H21BN2. The summed E-state index contributed by atoms with van der Waals surface area (Å²) in [4.78, 5) is 0. The van der Waals surface area contributed by atoms with E-state index < -0.39 is 0 Å². The Kier molecular flexibility index (Phi) is 3.28. The van der Waals surface area contributed by atoms with Crippen molar-refractivity contribution in [3.63, 3.8) is 0 Å². The Morgan fingerprint density at radius 2 is 1.15 bits per heavy atom. The number of benzene rings is 6. The smallest absolute Gasteiger partial charge is 0.247 e. The number of aromatic nitrogens is 2. The largest absolute Gasteiger partial charge is 0.310 e. The van der Waals surface area contributed by atoms with Crippen LogP contribution < -0.4 is 16.4 Å². The molecule has 40 heavy (non-hydrogen) atoms. The molecule has 0 saturated carbocycles. The van der Waals surface area contributed by atoms with Crippen LogP contribution >= 0.6 is 0 Å². The number of rotatable bonds is 0. The van der Waals surface area contributed by atoms with Crippen LogP contribution in [0.2, 0.25) is 0 Å². The van der Waals surface area contributed by atoms with E-state index in [0.29, 0.717) is 0 Å². The van der Waals surface area contributed by atoms with Gasteiger partial charge in [-0.05, 0) is 52.7 Å². The third-order valence-electron chi connectivity index (χ3n) is 9.92. The first-order chi connectivity index (χ1) is 19.9. The van der Waals surface area contributed by atoms with Gasteiger partial charge in [0.1, 0.15) is 0 Å². The summed E-state index contributed by atoms with van der Waals surface area (Å²) in [6, 6.07) is 43.6. The van der Waals surface area contributed by atoms with Gasteiger partial charge in [-0.2, -0.15) is 0 Å². The SMILES string of the molecule is c1ccc2c(c1)Cc1cccc3c1B2c1cccc2c4cc5c6cccc7c8ccccc8n(c5cc4n-3c12)c76. The van der Waals surface area contributed by atoms with Crippen LogP contribution in [-0.2, 0) is 6.42 Å². The lowest BCUT2D eigenvalue weighted by molar-refractivity contribution is 1.14. The van der Waals surface area contributed by atoms with Gasteiger partial charge in [0.15, 0.2) is 0 Å². The summed E-state index contributed by atoms with van der Waals surface area (Å²) in [6.07, 6.45) is 0.998. The zero-order chi connectivity index (χ0) is 25.7. The van der Waals surface area contributed by atoms with E-state index in [4.69, 9.17) is 0 Å². The summed E-state index contributed by atoms with van der Waals surface area (Å²) in [5.41, 5.74) is 15.2. The molecule has 2 aliphatic heterocycles. The first kappa shape index (κ1) is 20.0. The lowest BCUT2D eigenvalue weighted by atomic mass is 9.32. The maximum atomic E-state index is 2.58. The van der Waals surface area contributed by atoms with Crippen LogP contribution in [0.5, 0.6) is 0 Å². The van der Waals surface area contributed by atoms with Crippen molar-refractivity contribution < 1.29 is 0 Å². The lowest BCUT2D eigenvalue weighted by Crippen LogP contribution is -2.60. The topological polar surface area (TPSA) is 9.34 Å². The van der Waals surface area contributed by atoms with Crippen molar-refractivity contribution in [2.45, 2.75) is 6.42 Å². The summed E-state index contributed by atoms with van der Waals surface area (Å²) in [7, 11) is 0. The molecule has 2 aliphatic rings. The predicted octanol–water partition coefficient (Wildman–Crippen LogP) is 6.67. The van der Waals surface area contributed by atoms with Crippen LogP contribution in [0.25, 0.3) is 65.6 Å². The Morgan fingerprint density at radius 3 is 2.10 bits per heavy atom. The van der Waals surface area contributed by atoms with Crippen molar-refractivity contribution in [2.24, 2.45) is 0 Å². The molecule has 5 heterocycles. The molecule has 0 fully saturated rings. The Morgan fingerprint density at radius 1 is 0.475 bits per heavy atom. The van der Waals surface area contributed by atoms with Crippen molar-refractivity contribution in [1.29, 1.82) is 0 Å². The van der Waals surface area contributed by atoms with E-state index in [0.717, 1.165) is 6.42 Å². The fourth-order valence-corrected chi connectivity index (χ4v) is 8.44. The van der Waals surface area contributed by atoms with Gasteiger partial charge in [0.05, 0.1) is 22.1 Å². The van der Waals surface area contributed by atoms with Crippen molar-refractivity contribution in [3.8, 4) is 5.69 Å². The number of para-hydroxylation sites is 3. The molecule has 11 rings (SSSR count). The Labute approximate surface area is 230 Å². The predicted molar refractivity (Wildman–Crippen MR) is 169 cm³/mol. The van der Waals surface area contributed by atoms with E-state index in [1.165, 1.54) is 93.1 Å². The van der Waals surface area contributed by atoms with E-state index in [1.807, 2.05) is 0 Å². The summed E-state index contributed by atoms with van der Waals surface area (Å²) in [5.74, 6) is 0. The zero-order valence-corrected chi connectivity index (χ0v) is 21.6. The first-order valence-electron chi connectivity index (χ1n) is 14.2. The molecule has 0 bridgehead atoms. The van der Waals surface area contributed by atoms with Crippen molar-refractivity contribution in [3.05, 3.63) is 126 Å². The summed E-state index contributed by atoms with van der Waals surface area (Å²) in [6.45, 7) is 0.275. The Balaban J connectivity index is 1.37. The highest BCUT2D eigenvalue weighted by molar-refractivity contribution is 6.98. The molecule has 0 spiro atoms. The van der Waals surface area contributed by atoms with E-state index in [9.17, 15) is 0 Å². The summed E-state index contributed by atoms with van der Waals surface area (Å²) < 4.78 is 5.08. The number of fused-ring (bicyclic) bond motifs is 13. The highest BCUT2D eigenvalue weighted by Gasteiger charge is 2.38. The number of nitrogens with zero attached hydrogens (tertiary/aromatic N) is 2. The third-order valence-corrected chi connectivity index (χ3v) is 9.92. The Hall–Kier alpha value is -5.02. The molecule has 0 amide bonds. The second-order valence-corrected chi connectivity index (χ2v) is 11.7. The van der Waals surface area contributed by atoms with Gasteiger partial charge in [-0.25, -0.2) is 0 Å². The second kappa shape index (κ2) is 6.58. The van der Waals surface area contributed by atoms with Gasteiger partial charge in [0, 0.05) is 43.5 Å². The molecule has 3 aromatic heterocycles. The van der Waals surface area contributed by atoms with Gasteiger partial charge >= 0.3 is 0 Å². The minimum Gasteiger partial charge on any atom is -0.310 e. The highest BCUT2D eigenvalue weighted by Crippen LogP contribution is 2.43. The van der Waals surface area contributed by atoms with Crippen molar-refractivity contribution in [2.75, 3.05) is 0 Å². The molecule has 9 aromatic rings. The van der Waals surface area contributed by atoms with Gasteiger partial charge < -0.3 is 8.97 Å². The Bertz CT molecular complexity index is 2580. The molecule has 3 heteroatoms. The van der Waals surface area contributed by atoms with Gasteiger partial charge in [0.25, 0.3) is 0 Å². The lowest BCUT2D eigenvalue weighted by Gasteiger charge is -2.33. The average molecular weight is 504 g/mol. The quantitative estimate of drug-likeness (QED) is 0.204. The second-order valence-electron chi connectivity index (χ2n) is 11.7. The zero-order valence-electron chi connectivity index (χ0n) is 21.6. The van der Waals surface area contributed by atoms with Crippen LogP contribution in [-0.4, -0.2) is 15.7 Å². The normalized spacial score (nSPS) is 13.8. The van der Waals surface area contributed by atoms with Crippen LogP contribution in [0.1, 0.15) is 11.1 Å². The van der Waals surface area contributed by atoms with Crippen LogP contribution in [0, 0.1) is 0 Å². The fourth-order valence-electron chi connectivity index (χ4n) is 8.44. The van der Waals surface area contributed by atoms with Crippen LogP contribution in [0.3, 0.4) is 0 Å². The van der Waals surface area contributed by atoms with Gasteiger partial charge in [0.2, 0.25) is 6.71 Å². The van der Waals surface area contributed by atoms with E-state index >= 15 is 0 Å². The number of hydrogen-bond donors (Lipinski definition) is 0. The first-order valence-corrected chi connectivity index (χ1v) is 14.2. The minimum atomic E-state index is 0.275. The molecule has 0 atom stereocenters. The molecule has 0 saturated heterocycles. The monoisotopic (exact) mass is 504 g/mol. The van der Waals surface area contributed by atoms with Gasteiger partial charge in [-0.3, -0.25) is 0 Å². The molecule has 182 valence electrons. The molecule has 6 aromatic carbocycles. The fraction of sp³-hybridized carbons (Fsp3) is 0.0270. The molecule has 2 nitrogen and oxygen atoms in total. The standard InChI is InChI=1S/C37H21BN2/c1-3-14-29-21(8-1)18-22-9-5-17-32-35(22)38(29)30-15-7-13-26-28-19-27-25-12-6-11-24-23-10-2-4-16-31(23)39(36(24)25)33(27)20-34(28)40(32)37(26)30/h1-17,19-20H,18H2. The molecular weight excluding hydrogens is 483 g/mol. The van der Waals surface area contributed by atoms with Crippen LogP contribution in [0.15, 0.2) is 115 Å². The molecule has 0 aliphatic carbocycles. The maximum Gasteiger partial charge on any atom is 0.247 e. The average Bonchev–Trinajstić information content (AvgIpc) is 3.63. The minimum absolute atomic E-state index is 0.275. The van der Waals surface area contributed by atoms with E-state index in [-0.39, 0.29) is 6.71 Å². The molecule has 0 radical (unpaired) electrons. The third kappa shape index (κ3) is 2.09. The van der Waals surface area contributed by atoms with E-state index in [1.54, 1.807) is 0 Å². The van der Waals surface area contributed by atoms with Gasteiger partial charge in [-0.15, -0.1) is 0 Å². The maximum absolute atomic E-state index is 2.58. The van der Waals surface area contributed by atoms with Gasteiger partial charge in [-0.1, -0.05) is 96.5 Å². The van der Waals surface area contributed by atoms with E-state index in [2.05, 4.69) is 124 Å². The van der Waals surface area contributed by atoms with Crippen LogP contribution in [0.4, 0.5) is 0 Å². The highest BCUT2D eigenvalue weighted by atomic mass is 15.0. The number of hydrogen-bond acceptors (Lipinski definition) is 0. The van der Waals surface area contributed by atoms with Crippen molar-refractivity contribution >= 4 is 83.0 Å². The summed E-state index contributed by atoms with van der Waals surface area (Å²) in [5, 5.41) is 8.03.